The second-order valence-electron chi connectivity index (χ2n) is 4.05. The van der Waals surface area contributed by atoms with Gasteiger partial charge in [0, 0.05) is 6.08 Å². The Labute approximate surface area is 80.3 Å². The first-order valence-electron chi connectivity index (χ1n) is 4.42. The van der Waals surface area contributed by atoms with Gasteiger partial charge in [-0.15, -0.1) is 0 Å². The van der Waals surface area contributed by atoms with E-state index < -0.39 is 0 Å². The minimum atomic E-state index is -0.284. The third-order valence-corrected chi connectivity index (χ3v) is 1.18. The van der Waals surface area contributed by atoms with Gasteiger partial charge in [0.25, 0.3) is 0 Å². The quantitative estimate of drug-likeness (QED) is 0.381. The fourth-order valence-electron chi connectivity index (χ4n) is 0.581. The summed E-state index contributed by atoms with van der Waals surface area (Å²) in [4.78, 5) is 11.0. The van der Waals surface area contributed by atoms with E-state index in [4.69, 9.17) is 4.74 Å². The molecule has 0 atom stereocenters. The van der Waals surface area contributed by atoms with Crippen molar-refractivity contribution in [3.05, 3.63) is 24.3 Å². The maximum Gasteiger partial charge on any atom is 0.330 e. The molecule has 2 nitrogen and oxygen atoms in total. The summed E-state index contributed by atoms with van der Waals surface area (Å²) in [6.45, 7) is 8.42. The van der Waals surface area contributed by atoms with E-state index >= 15 is 0 Å². The first kappa shape index (κ1) is 11.9. The Hall–Kier alpha value is -1.05. The standard InChI is InChI=1S/C11H18O2/c1-5-6-7-8-10(12)13-9-11(2,3)4/h5-8H,9H2,1-4H3/b6-5+,8-7+. The Bertz CT molecular complexity index is 207. The summed E-state index contributed by atoms with van der Waals surface area (Å²) < 4.78 is 4.99. The van der Waals surface area contributed by atoms with Crippen molar-refractivity contribution in [2.75, 3.05) is 6.61 Å². The third kappa shape index (κ3) is 8.86. The minimum absolute atomic E-state index is 0.0318. The van der Waals surface area contributed by atoms with Crippen LogP contribution in [0.2, 0.25) is 0 Å². The average Bonchev–Trinajstić information content (AvgIpc) is 2.00. The number of ether oxygens (including phenoxy) is 1. The topological polar surface area (TPSA) is 26.3 Å². The summed E-state index contributed by atoms with van der Waals surface area (Å²) >= 11 is 0. The smallest absolute Gasteiger partial charge is 0.330 e. The van der Waals surface area contributed by atoms with Gasteiger partial charge < -0.3 is 4.74 Å². The van der Waals surface area contributed by atoms with Crippen LogP contribution >= 0.6 is 0 Å². The summed E-state index contributed by atoms with van der Waals surface area (Å²) in [5.74, 6) is -0.284. The normalized spacial score (nSPS) is 12.6. The molecule has 0 radical (unpaired) electrons. The molecule has 0 amide bonds. The zero-order chi connectivity index (χ0) is 10.3. The maximum absolute atomic E-state index is 11.0. The van der Waals surface area contributed by atoms with Crippen molar-refractivity contribution >= 4 is 5.97 Å². The predicted octanol–water partition coefficient (Wildman–Crippen LogP) is 2.71. The second-order valence-corrected chi connectivity index (χ2v) is 4.05. The van der Waals surface area contributed by atoms with Crippen molar-refractivity contribution < 1.29 is 9.53 Å². The van der Waals surface area contributed by atoms with E-state index in [9.17, 15) is 4.79 Å². The summed E-state index contributed by atoms with van der Waals surface area (Å²) in [5, 5.41) is 0. The van der Waals surface area contributed by atoms with Gasteiger partial charge in [0.05, 0.1) is 6.61 Å². The molecule has 0 bridgehead atoms. The highest BCUT2D eigenvalue weighted by molar-refractivity contribution is 5.82. The van der Waals surface area contributed by atoms with Crippen LogP contribution in [0.25, 0.3) is 0 Å². The van der Waals surface area contributed by atoms with E-state index in [-0.39, 0.29) is 11.4 Å². The second kappa shape index (κ2) is 5.57. The van der Waals surface area contributed by atoms with Gasteiger partial charge in [0.15, 0.2) is 0 Å². The van der Waals surface area contributed by atoms with Crippen LogP contribution in [0.15, 0.2) is 24.3 Å². The summed E-state index contributed by atoms with van der Waals surface area (Å²) in [5.41, 5.74) is 0.0318. The number of hydrogen-bond donors (Lipinski definition) is 0. The molecule has 0 aromatic rings. The van der Waals surface area contributed by atoms with Crippen LogP contribution in [0.3, 0.4) is 0 Å². The Morgan fingerprint density at radius 2 is 1.92 bits per heavy atom. The molecule has 0 aromatic heterocycles. The fourth-order valence-corrected chi connectivity index (χ4v) is 0.581. The van der Waals surface area contributed by atoms with Crippen molar-refractivity contribution in [2.45, 2.75) is 27.7 Å². The first-order chi connectivity index (χ1) is 5.95. The molecule has 0 aliphatic carbocycles. The SMILES string of the molecule is C/C=C/C=C/C(=O)OCC(C)(C)C. The lowest BCUT2D eigenvalue weighted by atomic mass is 9.99. The van der Waals surface area contributed by atoms with Gasteiger partial charge in [-0.2, -0.15) is 0 Å². The molecule has 0 aromatic carbocycles. The zero-order valence-electron chi connectivity index (χ0n) is 8.83. The molecule has 2 heteroatoms. The van der Waals surface area contributed by atoms with Crippen LogP contribution < -0.4 is 0 Å². The van der Waals surface area contributed by atoms with Crippen LogP contribution in [-0.2, 0) is 9.53 Å². The Morgan fingerprint density at radius 3 is 2.38 bits per heavy atom. The predicted molar refractivity (Wildman–Crippen MR) is 54.4 cm³/mol. The first-order valence-corrected chi connectivity index (χ1v) is 4.42. The van der Waals surface area contributed by atoms with Crippen LogP contribution in [-0.4, -0.2) is 12.6 Å². The van der Waals surface area contributed by atoms with Crippen LogP contribution in [0, 0.1) is 5.41 Å². The molecule has 0 spiro atoms. The number of hydrogen-bond acceptors (Lipinski definition) is 2. The van der Waals surface area contributed by atoms with E-state index in [1.807, 2.05) is 33.8 Å². The monoisotopic (exact) mass is 182 g/mol. The maximum atomic E-state index is 11.0. The van der Waals surface area contributed by atoms with Gasteiger partial charge in [-0.3, -0.25) is 0 Å². The molecular weight excluding hydrogens is 164 g/mol. The highest BCUT2D eigenvalue weighted by atomic mass is 16.5. The molecule has 0 saturated carbocycles. The minimum Gasteiger partial charge on any atom is -0.462 e. The lowest BCUT2D eigenvalue weighted by Crippen LogP contribution is -2.17. The van der Waals surface area contributed by atoms with Crippen molar-refractivity contribution in [1.82, 2.24) is 0 Å². The van der Waals surface area contributed by atoms with Crippen molar-refractivity contribution in [3.8, 4) is 0 Å². The Morgan fingerprint density at radius 1 is 1.31 bits per heavy atom. The van der Waals surface area contributed by atoms with Gasteiger partial charge in [-0.05, 0) is 12.3 Å². The molecule has 0 aliphatic rings. The average molecular weight is 182 g/mol. The molecule has 13 heavy (non-hydrogen) atoms. The lowest BCUT2D eigenvalue weighted by molar-refractivity contribution is -0.140. The molecular formula is C11H18O2. The summed E-state index contributed by atoms with van der Waals surface area (Å²) in [7, 11) is 0. The molecule has 0 rings (SSSR count). The van der Waals surface area contributed by atoms with Gasteiger partial charge in [-0.1, -0.05) is 39.0 Å². The highest BCUT2D eigenvalue weighted by Crippen LogP contribution is 2.12. The molecule has 0 aliphatic heterocycles. The fraction of sp³-hybridized carbons (Fsp3) is 0.545. The van der Waals surface area contributed by atoms with Crippen molar-refractivity contribution in [2.24, 2.45) is 5.41 Å². The number of carbonyl (C=O) groups excluding carboxylic acids is 1. The van der Waals surface area contributed by atoms with Gasteiger partial charge in [-0.25, -0.2) is 4.79 Å². The summed E-state index contributed by atoms with van der Waals surface area (Å²) in [6.07, 6.45) is 6.74. The number of allylic oxidation sites excluding steroid dienone is 3. The van der Waals surface area contributed by atoms with E-state index in [0.29, 0.717) is 6.61 Å². The van der Waals surface area contributed by atoms with Crippen LogP contribution in [0.5, 0.6) is 0 Å². The molecule has 0 N–H and O–H groups in total. The molecule has 0 unspecified atom stereocenters. The van der Waals surface area contributed by atoms with Crippen LogP contribution in [0.1, 0.15) is 27.7 Å². The Kier molecular flexibility index (Phi) is 5.12. The lowest BCUT2D eigenvalue weighted by Gasteiger charge is -2.16. The van der Waals surface area contributed by atoms with Crippen molar-refractivity contribution in [1.29, 1.82) is 0 Å². The molecule has 0 heterocycles. The van der Waals surface area contributed by atoms with E-state index in [1.54, 1.807) is 12.2 Å². The Balaban J connectivity index is 3.76. The van der Waals surface area contributed by atoms with E-state index in [2.05, 4.69) is 0 Å². The van der Waals surface area contributed by atoms with Gasteiger partial charge in [0.2, 0.25) is 0 Å². The van der Waals surface area contributed by atoms with Gasteiger partial charge in [0.1, 0.15) is 0 Å². The highest BCUT2D eigenvalue weighted by Gasteiger charge is 2.11. The summed E-state index contributed by atoms with van der Waals surface area (Å²) in [6, 6.07) is 0. The number of carbonyl (C=O) groups is 1. The van der Waals surface area contributed by atoms with E-state index in [0.717, 1.165) is 0 Å². The zero-order valence-corrected chi connectivity index (χ0v) is 8.83. The molecule has 0 saturated heterocycles. The number of esters is 1. The van der Waals surface area contributed by atoms with Crippen LogP contribution in [0.4, 0.5) is 0 Å². The number of rotatable bonds is 3. The molecule has 0 fully saturated rings. The van der Waals surface area contributed by atoms with E-state index in [1.165, 1.54) is 6.08 Å². The third-order valence-electron chi connectivity index (χ3n) is 1.18. The van der Waals surface area contributed by atoms with Gasteiger partial charge >= 0.3 is 5.97 Å². The largest absolute Gasteiger partial charge is 0.462 e. The molecule has 74 valence electrons. The van der Waals surface area contributed by atoms with Crippen molar-refractivity contribution in [3.63, 3.8) is 0 Å².